The largest absolute Gasteiger partial charge is 0.484 e. The van der Waals surface area contributed by atoms with Crippen molar-refractivity contribution in [3.05, 3.63) is 99.8 Å². The number of amides is 2. The minimum Gasteiger partial charge on any atom is -0.484 e. The zero-order valence-electron chi connectivity index (χ0n) is 20.2. The van der Waals surface area contributed by atoms with Crippen molar-refractivity contribution in [2.75, 3.05) is 13.2 Å². The standard InChI is InChI=1S/C28H30ClFN2O3/c1-4-31-28(34)25(16-21-10-6-5-7-11-21)32(17-22-12-8-9-13-24(22)30)26(33)18-35-23-14-19(2)27(29)20(3)15-23/h5-15,25H,4,16-18H2,1-3H3,(H,31,34)/t25-/m0/s1. The summed E-state index contributed by atoms with van der Waals surface area (Å²) in [7, 11) is 0. The van der Waals surface area contributed by atoms with E-state index in [1.54, 1.807) is 30.3 Å². The normalized spacial score (nSPS) is 11.6. The number of rotatable bonds is 10. The predicted molar refractivity (Wildman–Crippen MR) is 136 cm³/mol. The second kappa shape index (κ2) is 12.4. The van der Waals surface area contributed by atoms with Crippen molar-refractivity contribution in [3.63, 3.8) is 0 Å². The van der Waals surface area contributed by atoms with Crippen molar-refractivity contribution in [2.24, 2.45) is 0 Å². The van der Waals surface area contributed by atoms with E-state index in [-0.39, 0.29) is 25.5 Å². The summed E-state index contributed by atoms with van der Waals surface area (Å²) in [6, 6.07) is 18.3. The number of benzene rings is 3. The predicted octanol–water partition coefficient (Wildman–Crippen LogP) is 5.25. The summed E-state index contributed by atoms with van der Waals surface area (Å²) < 4.78 is 20.3. The molecule has 3 aromatic carbocycles. The molecule has 0 aliphatic carbocycles. The van der Waals surface area contributed by atoms with Gasteiger partial charge in [-0.3, -0.25) is 9.59 Å². The van der Waals surface area contributed by atoms with Crippen molar-refractivity contribution in [1.29, 1.82) is 0 Å². The highest BCUT2D eigenvalue weighted by atomic mass is 35.5. The summed E-state index contributed by atoms with van der Waals surface area (Å²) >= 11 is 6.24. The van der Waals surface area contributed by atoms with Gasteiger partial charge < -0.3 is 15.0 Å². The van der Waals surface area contributed by atoms with Gasteiger partial charge in [0, 0.05) is 30.1 Å². The molecule has 0 saturated carbocycles. The van der Waals surface area contributed by atoms with Gasteiger partial charge in [-0.25, -0.2) is 4.39 Å². The minimum absolute atomic E-state index is 0.0673. The Balaban J connectivity index is 1.91. The molecule has 1 atom stereocenters. The Labute approximate surface area is 210 Å². The third kappa shape index (κ3) is 7.06. The highest BCUT2D eigenvalue weighted by Gasteiger charge is 2.31. The molecule has 3 rings (SSSR count). The van der Waals surface area contributed by atoms with Crippen LogP contribution in [0.1, 0.15) is 29.2 Å². The van der Waals surface area contributed by atoms with Crippen LogP contribution in [0.15, 0.2) is 66.7 Å². The van der Waals surface area contributed by atoms with Crippen LogP contribution in [0.4, 0.5) is 4.39 Å². The molecule has 0 fully saturated rings. The third-order valence-corrected chi connectivity index (χ3v) is 6.29. The molecule has 5 nitrogen and oxygen atoms in total. The molecule has 0 aliphatic rings. The van der Waals surface area contributed by atoms with Crippen LogP contribution >= 0.6 is 11.6 Å². The van der Waals surface area contributed by atoms with Crippen LogP contribution in [0.5, 0.6) is 5.75 Å². The van der Waals surface area contributed by atoms with Crippen molar-refractivity contribution < 1.29 is 18.7 Å². The lowest BCUT2D eigenvalue weighted by Gasteiger charge is -2.31. The summed E-state index contributed by atoms with van der Waals surface area (Å²) in [6.07, 6.45) is 0.284. The van der Waals surface area contributed by atoms with Gasteiger partial charge in [-0.1, -0.05) is 60.1 Å². The third-order valence-electron chi connectivity index (χ3n) is 5.69. The molecule has 0 spiro atoms. The molecule has 2 amide bonds. The first-order chi connectivity index (χ1) is 16.8. The smallest absolute Gasteiger partial charge is 0.261 e. The van der Waals surface area contributed by atoms with Crippen LogP contribution in [0.25, 0.3) is 0 Å². The number of aryl methyl sites for hydroxylation is 2. The first kappa shape index (κ1) is 26.2. The van der Waals surface area contributed by atoms with E-state index < -0.39 is 17.8 Å². The lowest BCUT2D eigenvalue weighted by atomic mass is 10.0. The number of nitrogens with zero attached hydrogens (tertiary/aromatic N) is 1. The van der Waals surface area contributed by atoms with Gasteiger partial charge >= 0.3 is 0 Å². The minimum atomic E-state index is -0.846. The molecular formula is C28H30ClFN2O3. The van der Waals surface area contributed by atoms with E-state index in [2.05, 4.69) is 5.32 Å². The number of ether oxygens (including phenoxy) is 1. The van der Waals surface area contributed by atoms with Gasteiger partial charge in [0.25, 0.3) is 5.91 Å². The first-order valence-electron chi connectivity index (χ1n) is 11.5. The quantitative estimate of drug-likeness (QED) is 0.417. The fourth-order valence-corrected chi connectivity index (χ4v) is 3.98. The molecule has 0 aliphatic heterocycles. The monoisotopic (exact) mass is 496 g/mol. The van der Waals surface area contributed by atoms with Gasteiger partial charge in [-0.2, -0.15) is 0 Å². The molecule has 0 aromatic heterocycles. The van der Waals surface area contributed by atoms with Crippen LogP contribution in [0.2, 0.25) is 5.02 Å². The van der Waals surface area contributed by atoms with Crippen molar-refractivity contribution >= 4 is 23.4 Å². The second-order valence-electron chi connectivity index (χ2n) is 8.37. The van der Waals surface area contributed by atoms with E-state index in [0.29, 0.717) is 22.9 Å². The Bertz CT molecular complexity index is 1150. The number of likely N-dealkylation sites (N-methyl/N-ethyl adjacent to an activating group) is 1. The van der Waals surface area contributed by atoms with Gasteiger partial charge in [0.15, 0.2) is 6.61 Å². The molecule has 184 valence electrons. The van der Waals surface area contributed by atoms with Crippen molar-refractivity contribution in [1.82, 2.24) is 10.2 Å². The fraction of sp³-hybridized carbons (Fsp3) is 0.286. The second-order valence-corrected chi connectivity index (χ2v) is 8.75. The first-order valence-corrected chi connectivity index (χ1v) is 11.9. The van der Waals surface area contributed by atoms with Crippen molar-refractivity contribution in [3.8, 4) is 5.75 Å². The zero-order valence-corrected chi connectivity index (χ0v) is 20.9. The average Bonchev–Trinajstić information content (AvgIpc) is 2.85. The Morgan fingerprint density at radius 3 is 2.29 bits per heavy atom. The van der Waals surface area contributed by atoms with E-state index >= 15 is 0 Å². The Morgan fingerprint density at radius 2 is 1.66 bits per heavy atom. The number of hydrogen-bond donors (Lipinski definition) is 1. The molecule has 3 aromatic rings. The van der Waals surface area contributed by atoms with Crippen LogP contribution < -0.4 is 10.1 Å². The number of halogens is 2. The van der Waals surface area contributed by atoms with Crippen molar-refractivity contribution in [2.45, 2.75) is 39.8 Å². The highest BCUT2D eigenvalue weighted by Crippen LogP contribution is 2.26. The van der Waals surface area contributed by atoms with Crippen LogP contribution in [0, 0.1) is 19.7 Å². The number of nitrogens with one attached hydrogen (secondary N) is 1. The summed E-state index contributed by atoms with van der Waals surface area (Å²) in [5, 5.41) is 3.46. The molecule has 0 unspecified atom stereocenters. The van der Waals surface area contributed by atoms with E-state index in [0.717, 1.165) is 16.7 Å². The van der Waals surface area contributed by atoms with Crippen LogP contribution in [-0.4, -0.2) is 35.9 Å². The fourth-order valence-electron chi connectivity index (χ4n) is 3.87. The maximum atomic E-state index is 14.5. The van der Waals surface area contributed by atoms with Gasteiger partial charge in [0.2, 0.25) is 5.91 Å². The van der Waals surface area contributed by atoms with E-state index in [1.165, 1.54) is 11.0 Å². The van der Waals surface area contributed by atoms with Gasteiger partial charge in [-0.05, 0) is 55.7 Å². The highest BCUT2D eigenvalue weighted by molar-refractivity contribution is 6.32. The lowest BCUT2D eigenvalue weighted by Crippen LogP contribution is -2.51. The molecule has 1 N–H and O–H groups in total. The summed E-state index contributed by atoms with van der Waals surface area (Å²) in [4.78, 5) is 28.0. The van der Waals surface area contributed by atoms with Gasteiger partial charge in [-0.15, -0.1) is 0 Å². The summed E-state index contributed by atoms with van der Waals surface area (Å²) in [6.45, 7) is 5.57. The summed E-state index contributed by atoms with van der Waals surface area (Å²) in [5.41, 5.74) is 2.88. The maximum absolute atomic E-state index is 14.5. The SMILES string of the molecule is CCNC(=O)[C@H](Cc1ccccc1)N(Cc1ccccc1F)C(=O)COc1cc(C)c(Cl)c(C)c1. The Kier molecular flexibility index (Phi) is 9.26. The summed E-state index contributed by atoms with van der Waals surface area (Å²) in [5.74, 6) is -0.671. The van der Waals surface area contributed by atoms with Crippen LogP contribution in [0.3, 0.4) is 0 Å². The Morgan fingerprint density at radius 1 is 1.03 bits per heavy atom. The number of carbonyl (C=O) groups excluding carboxylic acids is 2. The topological polar surface area (TPSA) is 58.6 Å². The Hall–Kier alpha value is -3.38. The molecule has 7 heteroatoms. The molecular weight excluding hydrogens is 467 g/mol. The maximum Gasteiger partial charge on any atom is 0.261 e. The van der Waals surface area contributed by atoms with Gasteiger partial charge in [0.05, 0.1) is 0 Å². The average molecular weight is 497 g/mol. The van der Waals surface area contributed by atoms with Crippen LogP contribution in [-0.2, 0) is 22.6 Å². The molecule has 0 saturated heterocycles. The molecule has 0 bridgehead atoms. The van der Waals surface area contributed by atoms with E-state index in [1.807, 2.05) is 51.1 Å². The van der Waals surface area contributed by atoms with E-state index in [9.17, 15) is 14.0 Å². The molecule has 0 heterocycles. The molecule has 35 heavy (non-hydrogen) atoms. The number of carbonyl (C=O) groups is 2. The lowest BCUT2D eigenvalue weighted by molar-refractivity contribution is -0.142. The number of hydrogen-bond acceptors (Lipinski definition) is 3. The van der Waals surface area contributed by atoms with E-state index in [4.69, 9.17) is 16.3 Å². The zero-order chi connectivity index (χ0) is 25.4. The molecule has 0 radical (unpaired) electrons. The van der Waals surface area contributed by atoms with Gasteiger partial charge in [0.1, 0.15) is 17.6 Å².